The highest BCUT2D eigenvalue weighted by molar-refractivity contribution is 7.54. The van der Waals surface area contributed by atoms with Crippen LogP contribution in [0.5, 0.6) is 0 Å². The molecule has 7 unspecified atom stereocenters. The second-order valence-electron chi connectivity index (χ2n) is 9.98. The van der Waals surface area contributed by atoms with Gasteiger partial charge in [0.2, 0.25) is 5.91 Å². The standard InChI is InChI=1S/C24H40N3O11P/c1-8-23(7,33)39(34,35)38-24(9-2,10-3)13(4)19-17(30)18(31)21(37-19)27-11-16(12-36-15(6)29)20(25-14(5)28)26-22(27)32/h11,13,17-19,21,30-31,33H,8-10,12H2,1-7H3,(H,34,35)(H,25,26,28,32). The fraction of sp³-hybridized carbons (Fsp3) is 0.750. The van der Waals surface area contributed by atoms with Gasteiger partial charge in [-0.15, -0.1) is 0 Å². The molecule has 5 N–H and O–H groups in total. The monoisotopic (exact) mass is 577 g/mol. The Labute approximate surface area is 226 Å². The van der Waals surface area contributed by atoms with Crippen LogP contribution in [0.3, 0.4) is 0 Å². The van der Waals surface area contributed by atoms with Gasteiger partial charge in [0, 0.05) is 31.5 Å². The second kappa shape index (κ2) is 12.5. The van der Waals surface area contributed by atoms with E-state index in [1.807, 2.05) is 0 Å². The van der Waals surface area contributed by atoms with Crippen LogP contribution in [0, 0.1) is 5.92 Å². The lowest BCUT2D eigenvalue weighted by Crippen LogP contribution is -2.48. The number of hydrogen-bond donors (Lipinski definition) is 5. The number of ether oxygens (including phenoxy) is 2. The summed E-state index contributed by atoms with van der Waals surface area (Å²) in [5.41, 5.74) is -2.16. The van der Waals surface area contributed by atoms with E-state index in [0.717, 1.165) is 4.57 Å². The van der Waals surface area contributed by atoms with Crippen molar-refractivity contribution in [3.63, 3.8) is 0 Å². The van der Waals surface area contributed by atoms with Crippen LogP contribution < -0.4 is 11.0 Å². The Kier molecular flexibility index (Phi) is 10.6. The zero-order valence-corrected chi connectivity index (χ0v) is 24.2. The molecule has 0 radical (unpaired) electrons. The number of nitrogens with zero attached hydrogens (tertiary/aromatic N) is 2. The maximum atomic E-state index is 13.1. The number of rotatable bonds is 12. The first-order valence-electron chi connectivity index (χ1n) is 12.8. The van der Waals surface area contributed by atoms with Gasteiger partial charge < -0.3 is 35.0 Å². The van der Waals surface area contributed by atoms with Crippen LogP contribution in [-0.2, 0) is 34.8 Å². The van der Waals surface area contributed by atoms with Crippen LogP contribution in [0.15, 0.2) is 11.0 Å². The van der Waals surface area contributed by atoms with Gasteiger partial charge >= 0.3 is 19.3 Å². The molecule has 1 aliphatic heterocycles. The zero-order valence-electron chi connectivity index (χ0n) is 23.3. The van der Waals surface area contributed by atoms with Crippen molar-refractivity contribution in [2.45, 2.75) is 110 Å². The summed E-state index contributed by atoms with van der Waals surface area (Å²) in [6, 6.07) is 0. The van der Waals surface area contributed by atoms with Gasteiger partial charge in [0.15, 0.2) is 11.6 Å². The predicted molar refractivity (Wildman–Crippen MR) is 138 cm³/mol. The molecule has 7 atom stereocenters. The number of hydrogen-bond acceptors (Lipinski definition) is 11. The van der Waals surface area contributed by atoms with Gasteiger partial charge in [0.25, 0.3) is 0 Å². The number of nitrogens with one attached hydrogen (secondary N) is 1. The molecular formula is C24H40N3O11P. The Morgan fingerprint density at radius 1 is 1.21 bits per heavy atom. The van der Waals surface area contributed by atoms with Crippen LogP contribution >= 0.6 is 7.60 Å². The number of aliphatic hydroxyl groups excluding tert-OH is 2. The molecule has 0 aromatic carbocycles. The molecule has 14 nitrogen and oxygen atoms in total. The highest BCUT2D eigenvalue weighted by Crippen LogP contribution is 2.60. The van der Waals surface area contributed by atoms with Crippen LogP contribution in [0.1, 0.15) is 79.5 Å². The quantitative estimate of drug-likeness (QED) is 0.176. The highest BCUT2D eigenvalue weighted by atomic mass is 31.2. The molecule has 2 rings (SSSR count). The van der Waals surface area contributed by atoms with Gasteiger partial charge in [-0.25, -0.2) is 4.79 Å². The van der Waals surface area contributed by atoms with Crippen molar-refractivity contribution >= 4 is 25.3 Å². The minimum atomic E-state index is -4.59. The molecular weight excluding hydrogens is 537 g/mol. The van der Waals surface area contributed by atoms with Gasteiger partial charge in [0.1, 0.15) is 24.6 Å². The molecule has 39 heavy (non-hydrogen) atoms. The lowest BCUT2D eigenvalue weighted by Gasteiger charge is -2.43. The summed E-state index contributed by atoms with van der Waals surface area (Å²) >= 11 is 0. The van der Waals surface area contributed by atoms with E-state index < -0.39 is 66.6 Å². The number of carbonyl (C=O) groups is 2. The third kappa shape index (κ3) is 6.94. The van der Waals surface area contributed by atoms with Gasteiger partial charge in [-0.2, -0.15) is 4.98 Å². The Balaban J connectivity index is 2.48. The summed E-state index contributed by atoms with van der Waals surface area (Å²) in [4.78, 5) is 50.2. The fourth-order valence-electron chi connectivity index (χ4n) is 4.53. The molecule has 1 aromatic rings. The third-order valence-corrected chi connectivity index (χ3v) is 9.55. The maximum absolute atomic E-state index is 13.1. The predicted octanol–water partition coefficient (Wildman–Crippen LogP) is 1.40. The molecule has 0 bridgehead atoms. The van der Waals surface area contributed by atoms with E-state index in [0.29, 0.717) is 0 Å². The lowest BCUT2D eigenvalue weighted by atomic mass is 9.79. The number of amides is 1. The minimum Gasteiger partial charge on any atom is -0.461 e. The van der Waals surface area contributed by atoms with Crippen molar-refractivity contribution < 1.29 is 48.4 Å². The summed E-state index contributed by atoms with van der Waals surface area (Å²) in [6.45, 7) is 9.81. The smallest absolute Gasteiger partial charge is 0.359 e. The van der Waals surface area contributed by atoms with Crippen LogP contribution in [-0.4, -0.2) is 70.9 Å². The van der Waals surface area contributed by atoms with Crippen molar-refractivity contribution in [1.82, 2.24) is 9.55 Å². The van der Waals surface area contributed by atoms with Gasteiger partial charge in [-0.3, -0.25) is 23.2 Å². The Bertz CT molecular complexity index is 1150. The summed E-state index contributed by atoms with van der Waals surface area (Å²) in [5, 5.41) is 32.7. The van der Waals surface area contributed by atoms with Crippen LogP contribution in [0.2, 0.25) is 0 Å². The third-order valence-electron chi connectivity index (χ3n) is 7.41. The molecule has 0 saturated carbocycles. The van der Waals surface area contributed by atoms with E-state index in [-0.39, 0.29) is 37.3 Å². The SMILES string of the molecule is CCC(CC)(OP(=O)(O)C(C)(O)CC)C(C)C1OC(n2cc(COC(C)=O)c(NC(C)=O)nc2=O)C(O)C1O. The van der Waals surface area contributed by atoms with Crippen molar-refractivity contribution in [3.8, 4) is 0 Å². The van der Waals surface area contributed by atoms with E-state index >= 15 is 0 Å². The molecule has 1 aliphatic rings. The number of carbonyl (C=O) groups excluding carboxylic acids is 2. The van der Waals surface area contributed by atoms with Gasteiger partial charge in [-0.1, -0.05) is 27.7 Å². The average molecular weight is 578 g/mol. The summed E-state index contributed by atoms with van der Waals surface area (Å²) in [5.74, 6) is -2.10. The largest absolute Gasteiger partial charge is 0.461 e. The molecule has 1 saturated heterocycles. The molecule has 1 amide bonds. The molecule has 0 aliphatic carbocycles. The van der Waals surface area contributed by atoms with Crippen molar-refractivity contribution in [2.75, 3.05) is 5.32 Å². The van der Waals surface area contributed by atoms with E-state index in [1.165, 1.54) is 27.0 Å². The number of esters is 1. The van der Waals surface area contributed by atoms with Crippen molar-refractivity contribution in [1.29, 1.82) is 0 Å². The first-order chi connectivity index (χ1) is 18.0. The van der Waals surface area contributed by atoms with Gasteiger partial charge in [0.05, 0.1) is 11.7 Å². The minimum absolute atomic E-state index is 0.0535. The number of aliphatic hydroxyl groups is 3. The Hall–Kier alpha value is -2.19. The average Bonchev–Trinajstić information content (AvgIpc) is 3.14. The van der Waals surface area contributed by atoms with Gasteiger partial charge in [-0.05, 0) is 26.2 Å². The Morgan fingerprint density at radius 3 is 2.28 bits per heavy atom. The molecule has 222 valence electrons. The zero-order chi connectivity index (χ0) is 29.9. The van der Waals surface area contributed by atoms with E-state index in [2.05, 4.69) is 10.3 Å². The van der Waals surface area contributed by atoms with Crippen molar-refractivity contribution in [2.24, 2.45) is 5.92 Å². The van der Waals surface area contributed by atoms with E-state index in [1.54, 1.807) is 27.7 Å². The molecule has 2 heterocycles. The maximum Gasteiger partial charge on any atom is 0.359 e. The van der Waals surface area contributed by atoms with E-state index in [9.17, 15) is 39.2 Å². The molecule has 1 fully saturated rings. The summed E-state index contributed by atoms with van der Waals surface area (Å²) in [6.07, 6.45) is -4.26. The van der Waals surface area contributed by atoms with Crippen LogP contribution in [0.4, 0.5) is 5.82 Å². The van der Waals surface area contributed by atoms with Crippen molar-refractivity contribution in [3.05, 3.63) is 22.2 Å². The number of anilines is 1. The fourth-order valence-corrected chi connectivity index (χ4v) is 6.04. The first-order valence-corrected chi connectivity index (χ1v) is 14.3. The first kappa shape index (κ1) is 33.0. The van der Waals surface area contributed by atoms with Crippen LogP contribution in [0.25, 0.3) is 0 Å². The topological polar surface area (TPSA) is 207 Å². The summed E-state index contributed by atoms with van der Waals surface area (Å²) in [7, 11) is -4.59. The number of aromatic nitrogens is 2. The lowest BCUT2D eigenvalue weighted by molar-refractivity contribution is -0.142. The highest BCUT2D eigenvalue weighted by Gasteiger charge is 2.55. The van der Waals surface area contributed by atoms with E-state index in [4.69, 9.17) is 14.0 Å². The summed E-state index contributed by atoms with van der Waals surface area (Å²) < 4.78 is 30.7. The Morgan fingerprint density at radius 2 is 1.79 bits per heavy atom. The second-order valence-corrected chi connectivity index (χ2v) is 12.2. The molecule has 15 heteroatoms. The molecule has 0 spiro atoms. The normalized spacial score (nSPS) is 25.4. The molecule has 1 aromatic heterocycles.